The van der Waals surface area contributed by atoms with Crippen LogP contribution in [-0.2, 0) is 32.3 Å². The van der Waals surface area contributed by atoms with Crippen LogP contribution in [0.1, 0.15) is 25.0 Å². The Morgan fingerprint density at radius 2 is 1.71 bits per heavy atom. The van der Waals surface area contributed by atoms with Gasteiger partial charge in [0.25, 0.3) is 10.0 Å². The predicted molar refractivity (Wildman–Crippen MR) is 149 cm³/mol. The first kappa shape index (κ1) is 31.8. The fraction of sp³-hybridized carbons (Fsp3) is 0.286. The molecule has 0 radical (unpaired) electrons. The van der Waals surface area contributed by atoms with Crippen molar-refractivity contribution in [3.05, 3.63) is 88.9 Å². The van der Waals surface area contributed by atoms with Gasteiger partial charge >= 0.3 is 6.18 Å². The lowest BCUT2D eigenvalue weighted by Gasteiger charge is -2.32. The summed E-state index contributed by atoms with van der Waals surface area (Å²) < 4.78 is 74.1. The maximum absolute atomic E-state index is 13.9. The van der Waals surface area contributed by atoms with Crippen molar-refractivity contribution in [3.63, 3.8) is 0 Å². The first-order valence-corrected chi connectivity index (χ1v) is 14.3. The van der Waals surface area contributed by atoms with E-state index in [0.717, 1.165) is 11.0 Å². The van der Waals surface area contributed by atoms with E-state index < -0.39 is 51.9 Å². The number of nitrogens with zero attached hydrogens (tertiary/aromatic N) is 2. The molecule has 2 amide bonds. The molecule has 3 aromatic rings. The third-order valence-corrected chi connectivity index (χ3v) is 8.25. The molecule has 41 heavy (non-hydrogen) atoms. The largest absolute Gasteiger partial charge is 0.497 e. The van der Waals surface area contributed by atoms with Gasteiger partial charge in [-0.1, -0.05) is 41.9 Å². The van der Waals surface area contributed by atoms with Crippen LogP contribution in [0.4, 0.5) is 18.9 Å². The molecule has 0 aromatic heterocycles. The topological polar surface area (TPSA) is 96.0 Å². The third kappa shape index (κ3) is 7.70. The van der Waals surface area contributed by atoms with E-state index in [1.165, 1.54) is 38.3 Å². The molecule has 0 bridgehead atoms. The van der Waals surface area contributed by atoms with E-state index in [1.807, 2.05) is 0 Å². The highest BCUT2D eigenvalue weighted by Gasteiger charge is 2.36. The van der Waals surface area contributed by atoms with Gasteiger partial charge in [-0.15, -0.1) is 0 Å². The number of nitrogens with one attached hydrogen (secondary N) is 1. The van der Waals surface area contributed by atoms with Gasteiger partial charge in [-0.25, -0.2) is 8.42 Å². The van der Waals surface area contributed by atoms with Crippen LogP contribution in [-0.4, -0.2) is 51.4 Å². The van der Waals surface area contributed by atoms with Crippen LogP contribution in [0.3, 0.4) is 0 Å². The second-order valence-electron chi connectivity index (χ2n) is 8.93. The highest BCUT2D eigenvalue weighted by atomic mass is 35.5. The number of amides is 2. The number of sulfonamides is 1. The van der Waals surface area contributed by atoms with E-state index in [2.05, 4.69) is 5.32 Å². The van der Waals surface area contributed by atoms with Crippen LogP contribution in [0.25, 0.3) is 0 Å². The fourth-order valence-electron chi connectivity index (χ4n) is 3.99. The van der Waals surface area contributed by atoms with Crippen LogP contribution in [0.15, 0.2) is 77.7 Å². The van der Waals surface area contributed by atoms with Gasteiger partial charge in [0.2, 0.25) is 11.8 Å². The van der Waals surface area contributed by atoms with Crippen molar-refractivity contribution in [2.45, 2.75) is 37.5 Å². The highest BCUT2D eigenvalue weighted by molar-refractivity contribution is 7.92. The zero-order valence-electron chi connectivity index (χ0n) is 22.5. The number of halogens is 4. The summed E-state index contributed by atoms with van der Waals surface area (Å²) in [4.78, 5) is 27.5. The Labute approximate surface area is 241 Å². The van der Waals surface area contributed by atoms with Gasteiger partial charge in [-0.3, -0.25) is 13.9 Å². The number of rotatable bonds is 11. The van der Waals surface area contributed by atoms with Crippen LogP contribution < -0.4 is 14.4 Å². The molecule has 220 valence electrons. The van der Waals surface area contributed by atoms with Crippen LogP contribution in [0, 0.1) is 0 Å². The van der Waals surface area contributed by atoms with E-state index in [-0.39, 0.29) is 23.0 Å². The average molecular weight is 612 g/mol. The highest BCUT2D eigenvalue weighted by Crippen LogP contribution is 2.37. The molecule has 3 aromatic carbocycles. The molecule has 0 aliphatic carbocycles. The maximum Gasteiger partial charge on any atom is 0.416 e. The summed E-state index contributed by atoms with van der Waals surface area (Å²) in [5, 5.41) is 2.31. The summed E-state index contributed by atoms with van der Waals surface area (Å²) in [6, 6.07) is 14.8. The Morgan fingerprint density at radius 1 is 1.02 bits per heavy atom. The number of likely N-dealkylation sites (N-methyl/N-ethyl adjacent to an activating group) is 1. The molecule has 1 N–H and O–H groups in total. The fourth-order valence-corrected chi connectivity index (χ4v) is 5.70. The van der Waals surface area contributed by atoms with Gasteiger partial charge in [0.05, 0.1) is 28.3 Å². The van der Waals surface area contributed by atoms with Gasteiger partial charge in [0.1, 0.15) is 18.3 Å². The molecular formula is C28H29ClF3N3O5S. The Kier molecular flexibility index (Phi) is 10.3. The first-order chi connectivity index (χ1) is 19.3. The van der Waals surface area contributed by atoms with Crippen molar-refractivity contribution >= 4 is 39.1 Å². The number of benzene rings is 3. The monoisotopic (exact) mass is 611 g/mol. The summed E-state index contributed by atoms with van der Waals surface area (Å²) in [6.45, 7) is 2.38. The number of carbonyl (C=O) groups excluding carboxylic acids is 2. The summed E-state index contributed by atoms with van der Waals surface area (Å²) in [7, 11) is -3.13. The van der Waals surface area contributed by atoms with Gasteiger partial charge in [-0.05, 0) is 61.9 Å². The van der Waals surface area contributed by atoms with E-state index in [1.54, 1.807) is 37.3 Å². The zero-order valence-corrected chi connectivity index (χ0v) is 24.1. The Balaban J connectivity index is 2.13. The van der Waals surface area contributed by atoms with Crippen molar-refractivity contribution in [2.75, 3.05) is 24.5 Å². The average Bonchev–Trinajstić information content (AvgIpc) is 2.94. The van der Waals surface area contributed by atoms with E-state index in [4.69, 9.17) is 16.3 Å². The number of anilines is 1. The Hall–Kier alpha value is -3.77. The molecule has 0 fully saturated rings. The molecule has 3 rings (SSSR count). The molecule has 0 aliphatic rings. The summed E-state index contributed by atoms with van der Waals surface area (Å²) in [6.07, 6.45) is -4.81. The number of ether oxygens (including phenoxy) is 1. The lowest BCUT2D eigenvalue weighted by molar-refractivity contribution is -0.139. The van der Waals surface area contributed by atoms with E-state index in [9.17, 15) is 31.2 Å². The van der Waals surface area contributed by atoms with Gasteiger partial charge in [0.15, 0.2) is 0 Å². The number of methoxy groups -OCH3 is 1. The number of carbonyl (C=O) groups is 2. The lowest BCUT2D eigenvalue weighted by Crippen LogP contribution is -2.51. The number of hydrogen-bond acceptors (Lipinski definition) is 5. The molecule has 8 nitrogen and oxygen atoms in total. The minimum atomic E-state index is -4.81. The summed E-state index contributed by atoms with van der Waals surface area (Å²) >= 11 is 6.24. The van der Waals surface area contributed by atoms with E-state index >= 15 is 0 Å². The molecule has 0 saturated heterocycles. The van der Waals surface area contributed by atoms with Crippen molar-refractivity contribution in [3.8, 4) is 5.75 Å². The molecule has 13 heteroatoms. The van der Waals surface area contributed by atoms with Gasteiger partial charge in [-0.2, -0.15) is 13.2 Å². The molecule has 0 aliphatic heterocycles. The van der Waals surface area contributed by atoms with Crippen molar-refractivity contribution in [1.29, 1.82) is 0 Å². The number of hydrogen-bond donors (Lipinski definition) is 1. The second-order valence-corrected chi connectivity index (χ2v) is 11.2. The Morgan fingerprint density at radius 3 is 2.32 bits per heavy atom. The Bertz CT molecular complexity index is 1490. The van der Waals surface area contributed by atoms with Crippen LogP contribution >= 0.6 is 11.6 Å². The minimum Gasteiger partial charge on any atom is -0.497 e. The molecule has 0 saturated carbocycles. The summed E-state index contributed by atoms with van der Waals surface area (Å²) in [5.74, 6) is -0.859. The van der Waals surface area contributed by atoms with Crippen molar-refractivity contribution in [2.24, 2.45) is 0 Å². The third-order valence-electron chi connectivity index (χ3n) is 6.16. The molecule has 0 heterocycles. The molecule has 1 atom stereocenters. The standard InChI is InChI=1S/C28H29ClF3N3O5S/c1-4-33-27(37)19(2)34(17-20-9-8-10-22(15-20)40-3)26(36)18-35(41(38,39)23-11-6-5-7-12-23)25-16-21(28(30,31)32)13-14-24(25)29/h5-16,19H,4,17-18H2,1-3H3,(H,33,37)/t19-/m1/s1. The minimum absolute atomic E-state index is 0.121. The maximum atomic E-state index is 13.9. The normalized spacial score (nSPS) is 12.4. The SMILES string of the molecule is CCNC(=O)[C@@H](C)N(Cc1cccc(OC)c1)C(=O)CN(c1cc(C(F)(F)F)ccc1Cl)S(=O)(=O)c1ccccc1. The van der Waals surface area contributed by atoms with Crippen molar-refractivity contribution in [1.82, 2.24) is 10.2 Å². The first-order valence-electron chi connectivity index (χ1n) is 12.4. The summed E-state index contributed by atoms with van der Waals surface area (Å²) in [5.41, 5.74) is -1.12. The molecule has 0 unspecified atom stereocenters. The van der Waals surface area contributed by atoms with Gasteiger partial charge < -0.3 is 15.0 Å². The predicted octanol–water partition coefficient (Wildman–Crippen LogP) is 5.12. The van der Waals surface area contributed by atoms with Crippen LogP contribution in [0.5, 0.6) is 5.75 Å². The van der Waals surface area contributed by atoms with Gasteiger partial charge in [0, 0.05) is 13.1 Å². The molecule has 0 spiro atoms. The quantitative estimate of drug-likeness (QED) is 0.325. The van der Waals surface area contributed by atoms with E-state index in [0.29, 0.717) is 27.8 Å². The zero-order chi connectivity index (χ0) is 30.4. The lowest BCUT2D eigenvalue weighted by atomic mass is 10.1. The molecular weight excluding hydrogens is 583 g/mol. The second kappa shape index (κ2) is 13.3. The van der Waals surface area contributed by atoms with Crippen LogP contribution in [0.2, 0.25) is 5.02 Å². The van der Waals surface area contributed by atoms with Crippen molar-refractivity contribution < 1.29 is 35.9 Å². The number of alkyl halides is 3. The smallest absolute Gasteiger partial charge is 0.416 e.